The Morgan fingerprint density at radius 1 is 1.17 bits per heavy atom. The zero-order valence-corrected chi connectivity index (χ0v) is 23.1. The average Bonchev–Trinajstić information content (AvgIpc) is 3.29. The molecule has 0 spiro atoms. The molecule has 41 heavy (non-hydrogen) atoms. The minimum Gasteiger partial charge on any atom is -0.493 e. The van der Waals surface area contributed by atoms with Gasteiger partial charge < -0.3 is 9.84 Å². The molecule has 3 N–H and O–H groups in total. The maximum atomic E-state index is 14.9. The third-order valence-electron chi connectivity index (χ3n) is 7.06. The van der Waals surface area contributed by atoms with Gasteiger partial charge in [0.2, 0.25) is 15.2 Å². The molecule has 0 saturated heterocycles. The molecule has 0 unspecified atom stereocenters. The Morgan fingerprint density at radius 3 is 2.61 bits per heavy atom. The number of ether oxygens (including phenoxy) is 1. The monoisotopic (exact) mass is 598 g/mol. The zero-order valence-electron chi connectivity index (χ0n) is 21.5. The van der Waals surface area contributed by atoms with Crippen LogP contribution >= 0.6 is 11.3 Å². The maximum Gasteiger partial charge on any atom is 0.355 e. The first kappa shape index (κ1) is 27.2. The fourth-order valence-corrected chi connectivity index (χ4v) is 6.24. The number of aromatic carboxylic acids is 1. The van der Waals surface area contributed by atoms with Gasteiger partial charge in [-0.2, -0.15) is 5.10 Å². The lowest BCUT2D eigenvalue weighted by Gasteiger charge is -2.11. The molecule has 2 aromatic heterocycles. The van der Waals surface area contributed by atoms with Crippen molar-refractivity contribution in [2.45, 2.75) is 37.0 Å². The van der Waals surface area contributed by atoms with Crippen LogP contribution in [0.5, 0.6) is 0 Å². The minimum atomic E-state index is -4.24. The maximum absolute atomic E-state index is 14.9. The van der Waals surface area contributed by atoms with E-state index in [4.69, 9.17) is 15.0 Å². The largest absolute Gasteiger partial charge is 0.493 e. The number of primary sulfonamides is 1. The predicted octanol–water partition coefficient (Wildman–Crippen LogP) is 4.92. The van der Waals surface area contributed by atoms with Gasteiger partial charge in [0, 0.05) is 29.3 Å². The van der Waals surface area contributed by atoms with Crippen LogP contribution in [0, 0.1) is 17.6 Å². The number of carboxylic acids is 1. The third kappa shape index (κ3) is 5.52. The van der Waals surface area contributed by atoms with Crippen molar-refractivity contribution in [1.82, 2.24) is 14.8 Å². The van der Waals surface area contributed by atoms with Gasteiger partial charge in [0.15, 0.2) is 5.69 Å². The molecule has 1 saturated carbocycles. The van der Waals surface area contributed by atoms with Crippen LogP contribution < -0.4 is 5.14 Å². The second kappa shape index (κ2) is 10.5. The van der Waals surface area contributed by atoms with E-state index in [1.807, 2.05) is 6.08 Å². The number of carbonyl (C=O) groups is 1. The van der Waals surface area contributed by atoms with Crippen molar-refractivity contribution >= 4 is 33.1 Å². The Bertz CT molecular complexity index is 1830. The topological polar surface area (TPSA) is 137 Å². The molecule has 1 fully saturated rings. The van der Waals surface area contributed by atoms with Crippen molar-refractivity contribution in [3.63, 3.8) is 0 Å². The molecule has 0 atom stereocenters. The summed E-state index contributed by atoms with van der Waals surface area (Å²) in [5.41, 5.74) is 3.20. The van der Waals surface area contributed by atoms with Crippen molar-refractivity contribution in [3.8, 4) is 16.4 Å². The highest BCUT2D eigenvalue weighted by molar-refractivity contribution is 7.89. The normalized spacial score (nSPS) is 15.1. The van der Waals surface area contributed by atoms with Crippen molar-refractivity contribution in [2.24, 2.45) is 11.1 Å². The number of hydrogen-bond acceptors (Lipinski definition) is 7. The van der Waals surface area contributed by atoms with E-state index >= 15 is 0 Å². The van der Waals surface area contributed by atoms with E-state index < -0.39 is 32.5 Å². The van der Waals surface area contributed by atoms with E-state index in [0.717, 1.165) is 42.0 Å². The van der Waals surface area contributed by atoms with Crippen LogP contribution in [0.25, 0.3) is 22.1 Å². The number of nitrogens with zero attached hydrogens (tertiary/aromatic N) is 3. The summed E-state index contributed by atoms with van der Waals surface area (Å²) >= 11 is 1.13. The van der Waals surface area contributed by atoms with E-state index in [1.54, 1.807) is 16.8 Å². The van der Waals surface area contributed by atoms with Gasteiger partial charge in [0.25, 0.3) is 0 Å². The van der Waals surface area contributed by atoms with Crippen LogP contribution in [-0.4, -0.2) is 40.9 Å². The number of hydrogen-bond donors (Lipinski definition) is 2. The molecule has 6 rings (SSSR count). The molecule has 0 amide bonds. The molecule has 1 aliphatic carbocycles. The first-order valence-corrected chi connectivity index (χ1v) is 15.3. The molecule has 1 aliphatic heterocycles. The summed E-state index contributed by atoms with van der Waals surface area (Å²) in [5, 5.41) is 21.2. The second-order valence-electron chi connectivity index (χ2n) is 10.0. The smallest absolute Gasteiger partial charge is 0.355 e. The lowest BCUT2D eigenvalue weighted by atomic mass is 9.96. The number of thiazole rings is 1. The van der Waals surface area contributed by atoms with Crippen LogP contribution in [0.3, 0.4) is 0 Å². The number of carboxylic acid groups (broad SMARTS) is 1. The van der Waals surface area contributed by atoms with E-state index in [9.17, 15) is 27.1 Å². The number of halogens is 2. The molecular formula is C28H24F2N4O5S2. The van der Waals surface area contributed by atoms with Crippen molar-refractivity contribution in [3.05, 3.63) is 87.6 Å². The fourth-order valence-electron chi connectivity index (χ4n) is 4.88. The first-order chi connectivity index (χ1) is 19.6. The fraction of sp³-hybridized carbons (Fsp3) is 0.250. The van der Waals surface area contributed by atoms with Crippen molar-refractivity contribution in [1.29, 1.82) is 0 Å². The predicted molar refractivity (Wildman–Crippen MR) is 147 cm³/mol. The van der Waals surface area contributed by atoms with Crippen LogP contribution in [0.15, 0.2) is 52.7 Å². The van der Waals surface area contributed by atoms with E-state index in [2.05, 4.69) is 4.98 Å². The van der Waals surface area contributed by atoms with Gasteiger partial charge in [0.1, 0.15) is 22.3 Å². The first-order valence-electron chi connectivity index (χ1n) is 12.8. The van der Waals surface area contributed by atoms with Gasteiger partial charge in [-0.15, -0.1) is 11.3 Å². The quantitative estimate of drug-likeness (QED) is 0.279. The molecule has 212 valence electrons. The number of nitrogens with two attached hydrogens (primary N) is 1. The Balaban J connectivity index is 1.53. The zero-order chi connectivity index (χ0) is 28.9. The number of sulfonamides is 1. The lowest BCUT2D eigenvalue weighted by Crippen LogP contribution is -2.14. The van der Waals surface area contributed by atoms with Gasteiger partial charge in [0.05, 0.1) is 23.6 Å². The molecule has 9 nitrogen and oxygen atoms in total. The van der Waals surface area contributed by atoms with Crippen molar-refractivity contribution < 1.29 is 31.8 Å². The molecule has 4 aromatic rings. The Hall–Kier alpha value is -3.94. The Morgan fingerprint density at radius 2 is 1.98 bits per heavy atom. The van der Waals surface area contributed by atoms with Gasteiger partial charge in [-0.3, -0.25) is 0 Å². The lowest BCUT2D eigenvalue weighted by molar-refractivity contribution is 0.0691. The summed E-state index contributed by atoms with van der Waals surface area (Å²) in [6.07, 6.45) is 5.30. The highest BCUT2D eigenvalue weighted by Crippen LogP contribution is 2.39. The van der Waals surface area contributed by atoms with Crippen LogP contribution in [0.4, 0.5) is 8.78 Å². The Labute approximate surface area is 238 Å². The van der Waals surface area contributed by atoms with Crippen LogP contribution in [0.2, 0.25) is 0 Å². The number of benzene rings is 2. The number of rotatable bonds is 9. The van der Waals surface area contributed by atoms with E-state index in [1.165, 1.54) is 17.5 Å². The summed E-state index contributed by atoms with van der Waals surface area (Å²) in [6, 6.07) is 8.33. The molecule has 0 bridgehead atoms. The standard InChI is InChI=1S/C28H24F2N4O5S2/c29-20-7-6-17(13-18(20)24-2-1-9-39-24)26-19(10-16-5-8-25(21(30)11-16)41(31,37)38)23(12-15-3-4-15)34(33-26)28-32-22(14-40-28)27(35)36/h2,5-8,11,13-15H,1,3-4,9-10,12H2,(H,35,36)(H2,31,37,38). The summed E-state index contributed by atoms with van der Waals surface area (Å²) in [6.45, 7) is 0.459. The molecule has 0 radical (unpaired) electrons. The van der Waals surface area contributed by atoms with Crippen molar-refractivity contribution in [2.75, 3.05) is 6.61 Å². The molecule has 3 heterocycles. The molecule has 2 aromatic carbocycles. The Kier molecular flexibility index (Phi) is 6.96. The number of aromatic nitrogens is 3. The summed E-state index contributed by atoms with van der Waals surface area (Å²) < 4.78 is 60.4. The SMILES string of the molecule is NS(=O)(=O)c1ccc(Cc2c(-c3ccc(F)c(C4=CCCO4)c3)nn(-c3nc(C(=O)O)cs3)c2CC2CC2)cc1F. The van der Waals surface area contributed by atoms with Gasteiger partial charge in [-0.25, -0.2) is 36.8 Å². The molecular weight excluding hydrogens is 574 g/mol. The van der Waals surface area contributed by atoms with Gasteiger partial charge in [-0.05, 0) is 67.2 Å². The highest BCUT2D eigenvalue weighted by Gasteiger charge is 2.30. The summed E-state index contributed by atoms with van der Waals surface area (Å²) in [7, 11) is -4.24. The minimum absolute atomic E-state index is 0.115. The van der Waals surface area contributed by atoms with E-state index in [0.29, 0.717) is 58.6 Å². The highest BCUT2D eigenvalue weighted by atomic mass is 32.2. The summed E-state index contributed by atoms with van der Waals surface area (Å²) in [5.74, 6) is -1.76. The molecule has 2 aliphatic rings. The van der Waals surface area contributed by atoms with Gasteiger partial charge >= 0.3 is 5.97 Å². The average molecular weight is 599 g/mol. The van der Waals surface area contributed by atoms with Crippen LogP contribution in [-0.2, 0) is 27.6 Å². The van der Waals surface area contributed by atoms with Crippen LogP contribution in [0.1, 0.15) is 52.1 Å². The molecule has 13 heteroatoms. The second-order valence-corrected chi connectivity index (χ2v) is 12.4. The van der Waals surface area contributed by atoms with Gasteiger partial charge in [-0.1, -0.05) is 6.07 Å². The van der Waals surface area contributed by atoms with E-state index in [-0.39, 0.29) is 17.7 Å². The summed E-state index contributed by atoms with van der Waals surface area (Å²) in [4.78, 5) is 15.2. The third-order valence-corrected chi connectivity index (χ3v) is 8.82.